The first kappa shape index (κ1) is 11.0. The Morgan fingerprint density at radius 3 is 2.43 bits per heavy atom. The second kappa shape index (κ2) is 3.96. The van der Waals surface area contributed by atoms with E-state index < -0.39 is 12.0 Å². The van der Waals surface area contributed by atoms with Crippen LogP contribution < -0.4 is 5.32 Å². The van der Waals surface area contributed by atoms with Gasteiger partial charge in [-0.15, -0.1) is 0 Å². The molecule has 1 rings (SSSR count). The van der Waals surface area contributed by atoms with Crippen LogP contribution in [0.15, 0.2) is 0 Å². The molecular formula is C9H16N2O3. The lowest BCUT2D eigenvalue weighted by Crippen LogP contribution is -2.47. The maximum atomic E-state index is 10.9. The lowest BCUT2D eigenvalue weighted by atomic mass is 10.1. The van der Waals surface area contributed by atoms with Crippen LogP contribution in [-0.2, 0) is 9.59 Å². The molecule has 0 aromatic carbocycles. The van der Waals surface area contributed by atoms with E-state index in [-0.39, 0.29) is 18.0 Å². The SMILES string of the molecule is CC(=O)N[C@H]1[C@@H](C)C[C@H](C(=O)O)N1C. The summed E-state index contributed by atoms with van der Waals surface area (Å²) in [4.78, 5) is 23.4. The summed E-state index contributed by atoms with van der Waals surface area (Å²) in [6.45, 7) is 3.38. The van der Waals surface area contributed by atoms with Gasteiger partial charge in [0.2, 0.25) is 5.91 Å². The minimum atomic E-state index is -0.827. The van der Waals surface area contributed by atoms with Crippen LogP contribution >= 0.6 is 0 Å². The van der Waals surface area contributed by atoms with Gasteiger partial charge in [-0.2, -0.15) is 0 Å². The Hall–Kier alpha value is -1.10. The number of carboxylic acids is 1. The first-order valence-electron chi connectivity index (χ1n) is 4.65. The third-order valence-electron chi connectivity index (χ3n) is 2.70. The summed E-state index contributed by atoms with van der Waals surface area (Å²) in [5, 5.41) is 11.6. The lowest BCUT2D eigenvalue weighted by Gasteiger charge is -2.25. The van der Waals surface area contributed by atoms with E-state index in [1.165, 1.54) is 6.92 Å². The van der Waals surface area contributed by atoms with Gasteiger partial charge in [0.25, 0.3) is 0 Å². The summed E-state index contributed by atoms with van der Waals surface area (Å²) in [6, 6.07) is -0.484. The van der Waals surface area contributed by atoms with Gasteiger partial charge in [0.15, 0.2) is 0 Å². The molecule has 1 fully saturated rings. The first-order chi connectivity index (χ1) is 6.43. The Morgan fingerprint density at radius 1 is 1.50 bits per heavy atom. The van der Waals surface area contributed by atoms with Gasteiger partial charge in [-0.1, -0.05) is 6.92 Å². The Labute approximate surface area is 83.1 Å². The van der Waals surface area contributed by atoms with Crippen LogP contribution in [0.25, 0.3) is 0 Å². The summed E-state index contributed by atoms with van der Waals surface area (Å²) in [5.41, 5.74) is 0. The predicted octanol–water partition coefficient (Wildman–Crippen LogP) is -0.127. The molecule has 0 radical (unpaired) electrons. The number of aliphatic carboxylic acids is 1. The molecule has 0 unspecified atom stereocenters. The number of amides is 1. The molecule has 1 saturated heterocycles. The Balaban J connectivity index is 2.69. The second-order valence-corrected chi connectivity index (χ2v) is 3.88. The molecule has 0 aromatic heterocycles. The number of rotatable bonds is 2. The summed E-state index contributed by atoms with van der Waals surface area (Å²) in [7, 11) is 1.73. The van der Waals surface area contributed by atoms with Gasteiger partial charge in [-0.25, -0.2) is 0 Å². The molecule has 0 saturated carbocycles. The van der Waals surface area contributed by atoms with Gasteiger partial charge in [-0.05, 0) is 19.4 Å². The van der Waals surface area contributed by atoms with Gasteiger partial charge in [0, 0.05) is 6.92 Å². The Bertz CT molecular complexity index is 254. The molecule has 0 spiro atoms. The highest BCUT2D eigenvalue weighted by Crippen LogP contribution is 2.26. The molecule has 3 atom stereocenters. The topological polar surface area (TPSA) is 69.6 Å². The molecule has 1 aliphatic heterocycles. The van der Waals surface area contributed by atoms with Gasteiger partial charge in [-0.3, -0.25) is 14.5 Å². The van der Waals surface area contributed by atoms with Crippen LogP contribution in [0.5, 0.6) is 0 Å². The van der Waals surface area contributed by atoms with Crippen molar-refractivity contribution in [2.24, 2.45) is 5.92 Å². The maximum absolute atomic E-state index is 10.9. The maximum Gasteiger partial charge on any atom is 0.320 e. The highest BCUT2D eigenvalue weighted by molar-refractivity contribution is 5.75. The van der Waals surface area contributed by atoms with E-state index in [1.807, 2.05) is 6.92 Å². The fourth-order valence-electron chi connectivity index (χ4n) is 1.97. The number of carbonyl (C=O) groups is 2. The van der Waals surface area contributed by atoms with Crippen molar-refractivity contribution in [1.82, 2.24) is 10.2 Å². The number of likely N-dealkylation sites (tertiary alicyclic amines) is 1. The number of nitrogens with one attached hydrogen (secondary N) is 1. The van der Waals surface area contributed by atoms with E-state index in [1.54, 1.807) is 11.9 Å². The van der Waals surface area contributed by atoms with E-state index in [4.69, 9.17) is 5.11 Å². The molecule has 5 heteroatoms. The van der Waals surface area contributed by atoms with E-state index >= 15 is 0 Å². The summed E-state index contributed by atoms with van der Waals surface area (Å²) in [6.07, 6.45) is 0.421. The van der Waals surface area contributed by atoms with E-state index in [9.17, 15) is 9.59 Å². The number of carbonyl (C=O) groups excluding carboxylic acids is 1. The number of hydrogen-bond donors (Lipinski definition) is 2. The number of hydrogen-bond acceptors (Lipinski definition) is 3. The third-order valence-corrected chi connectivity index (χ3v) is 2.70. The van der Waals surface area contributed by atoms with Crippen molar-refractivity contribution in [2.45, 2.75) is 32.5 Å². The molecule has 14 heavy (non-hydrogen) atoms. The van der Waals surface area contributed by atoms with Crippen molar-refractivity contribution < 1.29 is 14.7 Å². The Morgan fingerprint density at radius 2 is 2.07 bits per heavy atom. The molecule has 0 bridgehead atoms. The third kappa shape index (κ3) is 2.04. The fraction of sp³-hybridized carbons (Fsp3) is 0.778. The second-order valence-electron chi connectivity index (χ2n) is 3.88. The number of nitrogens with zero attached hydrogens (tertiary/aromatic N) is 1. The van der Waals surface area contributed by atoms with Crippen molar-refractivity contribution in [1.29, 1.82) is 0 Å². The molecule has 80 valence electrons. The molecular weight excluding hydrogens is 184 g/mol. The first-order valence-corrected chi connectivity index (χ1v) is 4.65. The zero-order valence-electron chi connectivity index (χ0n) is 8.65. The normalized spacial score (nSPS) is 32.9. The summed E-state index contributed by atoms with van der Waals surface area (Å²) >= 11 is 0. The van der Waals surface area contributed by atoms with E-state index in [0.717, 1.165) is 0 Å². The van der Waals surface area contributed by atoms with Crippen molar-refractivity contribution >= 4 is 11.9 Å². The number of carboxylic acid groups (broad SMARTS) is 1. The van der Waals surface area contributed by atoms with Crippen LogP contribution in [0.2, 0.25) is 0 Å². The Kier molecular flexibility index (Phi) is 3.10. The largest absolute Gasteiger partial charge is 0.480 e. The lowest BCUT2D eigenvalue weighted by molar-refractivity contribution is -0.142. The molecule has 1 amide bonds. The van der Waals surface area contributed by atoms with Gasteiger partial charge >= 0.3 is 5.97 Å². The summed E-state index contributed by atoms with van der Waals surface area (Å²) < 4.78 is 0. The average molecular weight is 200 g/mol. The minimum Gasteiger partial charge on any atom is -0.480 e. The standard InChI is InChI=1S/C9H16N2O3/c1-5-4-7(9(13)14)11(3)8(5)10-6(2)12/h5,7-8H,4H2,1-3H3,(H,10,12)(H,13,14)/t5-,7+,8+/m0/s1. The minimum absolute atomic E-state index is 0.125. The van der Waals surface area contributed by atoms with Crippen LogP contribution in [0.3, 0.4) is 0 Å². The molecule has 1 aliphatic rings. The van der Waals surface area contributed by atoms with Crippen molar-refractivity contribution in [2.75, 3.05) is 7.05 Å². The van der Waals surface area contributed by atoms with Crippen LogP contribution in [0.1, 0.15) is 20.3 Å². The number of likely N-dealkylation sites (N-methyl/N-ethyl adjacent to an activating group) is 1. The molecule has 0 aliphatic carbocycles. The zero-order chi connectivity index (χ0) is 10.9. The highest BCUT2D eigenvalue weighted by atomic mass is 16.4. The predicted molar refractivity (Wildman–Crippen MR) is 50.6 cm³/mol. The quantitative estimate of drug-likeness (QED) is 0.651. The molecule has 2 N–H and O–H groups in total. The van der Waals surface area contributed by atoms with Crippen molar-refractivity contribution in [3.8, 4) is 0 Å². The average Bonchev–Trinajstić information content (AvgIpc) is 2.31. The molecule has 1 heterocycles. The van der Waals surface area contributed by atoms with Crippen molar-refractivity contribution in [3.05, 3.63) is 0 Å². The summed E-state index contributed by atoms with van der Waals surface area (Å²) in [5.74, 6) is -0.781. The van der Waals surface area contributed by atoms with E-state index in [0.29, 0.717) is 6.42 Å². The van der Waals surface area contributed by atoms with E-state index in [2.05, 4.69) is 5.32 Å². The van der Waals surface area contributed by atoms with Crippen LogP contribution in [0.4, 0.5) is 0 Å². The van der Waals surface area contributed by atoms with Crippen LogP contribution in [0, 0.1) is 5.92 Å². The van der Waals surface area contributed by atoms with Gasteiger partial charge in [0.05, 0.1) is 6.17 Å². The highest BCUT2D eigenvalue weighted by Gasteiger charge is 2.40. The van der Waals surface area contributed by atoms with Gasteiger partial charge < -0.3 is 10.4 Å². The molecule has 5 nitrogen and oxygen atoms in total. The van der Waals surface area contributed by atoms with Crippen molar-refractivity contribution in [3.63, 3.8) is 0 Å². The van der Waals surface area contributed by atoms with Crippen LogP contribution in [-0.4, -0.2) is 41.1 Å². The fourth-order valence-corrected chi connectivity index (χ4v) is 1.97. The molecule has 0 aromatic rings. The monoisotopic (exact) mass is 200 g/mol. The zero-order valence-corrected chi connectivity index (χ0v) is 8.65. The smallest absolute Gasteiger partial charge is 0.320 e. The van der Waals surface area contributed by atoms with Gasteiger partial charge in [0.1, 0.15) is 6.04 Å².